The summed E-state index contributed by atoms with van der Waals surface area (Å²) in [5, 5.41) is 11.4. The summed E-state index contributed by atoms with van der Waals surface area (Å²) in [7, 11) is 3.90. The number of fused-ring (bicyclic) bond motifs is 1. The molecule has 2 aromatic carbocycles. The van der Waals surface area contributed by atoms with Gasteiger partial charge in [0.15, 0.2) is 4.80 Å². The van der Waals surface area contributed by atoms with Gasteiger partial charge in [-0.2, -0.15) is 0 Å². The van der Waals surface area contributed by atoms with E-state index in [0.717, 1.165) is 11.3 Å². The first-order valence-electron chi connectivity index (χ1n) is 10.9. The van der Waals surface area contributed by atoms with E-state index in [1.165, 1.54) is 34.1 Å². The minimum Gasteiger partial charge on any atom is -0.463 e. The van der Waals surface area contributed by atoms with E-state index in [-0.39, 0.29) is 23.4 Å². The van der Waals surface area contributed by atoms with Crippen LogP contribution in [0.4, 0.5) is 11.4 Å². The Morgan fingerprint density at radius 2 is 1.97 bits per heavy atom. The number of aromatic nitrogens is 1. The lowest BCUT2D eigenvalue weighted by Crippen LogP contribution is -2.40. The van der Waals surface area contributed by atoms with E-state index < -0.39 is 16.9 Å². The number of thiazole rings is 1. The maximum absolute atomic E-state index is 13.6. The smallest absolute Gasteiger partial charge is 0.338 e. The van der Waals surface area contributed by atoms with Gasteiger partial charge in [0.25, 0.3) is 11.2 Å². The van der Waals surface area contributed by atoms with Gasteiger partial charge in [-0.3, -0.25) is 19.5 Å². The van der Waals surface area contributed by atoms with Crippen LogP contribution in [0.5, 0.6) is 0 Å². The molecule has 0 bridgehead atoms. The highest BCUT2D eigenvalue weighted by Gasteiger charge is 2.34. The first kappa shape index (κ1) is 24.1. The van der Waals surface area contributed by atoms with Crippen molar-refractivity contribution in [3.8, 4) is 0 Å². The zero-order valence-corrected chi connectivity index (χ0v) is 20.5. The lowest BCUT2D eigenvalue weighted by atomic mass is 9.95. The summed E-state index contributed by atoms with van der Waals surface area (Å²) in [6.07, 6.45) is 1.77. The summed E-state index contributed by atoms with van der Waals surface area (Å²) in [5.41, 5.74) is 2.42. The molecule has 0 fully saturated rings. The normalized spacial score (nSPS) is 15.4. The van der Waals surface area contributed by atoms with Crippen LogP contribution < -0.4 is 19.8 Å². The Balaban J connectivity index is 1.92. The van der Waals surface area contributed by atoms with Gasteiger partial charge in [-0.1, -0.05) is 35.6 Å². The third-order valence-electron chi connectivity index (χ3n) is 5.62. The standard InChI is InChI=1S/C25H24N4O5S/c1-5-34-24(31)21-15(2)26-25-28(22(21)17-7-6-8-19(14-17)29(32)33)23(30)20(35-25)13-16-9-11-18(12-10-16)27(3)4/h6-14,22H,5H2,1-4H3/t22-/m1/s1. The van der Waals surface area contributed by atoms with Crippen molar-refractivity contribution in [3.63, 3.8) is 0 Å². The second kappa shape index (κ2) is 9.67. The van der Waals surface area contributed by atoms with Crippen LogP contribution in [0.25, 0.3) is 6.08 Å². The molecule has 0 spiro atoms. The van der Waals surface area contributed by atoms with E-state index in [0.29, 0.717) is 20.6 Å². The Bertz CT molecular complexity index is 1520. The molecule has 35 heavy (non-hydrogen) atoms. The molecule has 1 atom stereocenters. The Labute approximate surface area is 205 Å². The van der Waals surface area contributed by atoms with E-state index in [4.69, 9.17) is 4.74 Å². The van der Waals surface area contributed by atoms with E-state index in [1.54, 1.807) is 26.0 Å². The lowest BCUT2D eigenvalue weighted by Gasteiger charge is -2.24. The van der Waals surface area contributed by atoms with Crippen molar-refractivity contribution in [2.45, 2.75) is 19.9 Å². The molecule has 0 amide bonds. The summed E-state index contributed by atoms with van der Waals surface area (Å²) in [5.74, 6) is -0.612. The number of rotatable bonds is 6. The minimum atomic E-state index is -0.900. The van der Waals surface area contributed by atoms with E-state index in [2.05, 4.69) is 4.99 Å². The first-order valence-corrected chi connectivity index (χ1v) is 11.7. The van der Waals surface area contributed by atoms with E-state index in [1.807, 2.05) is 43.3 Å². The molecule has 0 unspecified atom stereocenters. The topological polar surface area (TPSA) is 107 Å². The maximum Gasteiger partial charge on any atom is 0.338 e. The number of anilines is 1. The molecule has 10 heteroatoms. The van der Waals surface area contributed by atoms with Crippen LogP contribution in [-0.2, 0) is 9.53 Å². The largest absolute Gasteiger partial charge is 0.463 e. The highest BCUT2D eigenvalue weighted by atomic mass is 32.1. The van der Waals surface area contributed by atoms with Crippen molar-refractivity contribution < 1.29 is 14.5 Å². The van der Waals surface area contributed by atoms with Crippen LogP contribution in [0.1, 0.15) is 31.0 Å². The fourth-order valence-electron chi connectivity index (χ4n) is 3.94. The molecular formula is C25H24N4O5S. The summed E-state index contributed by atoms with van der Waals surface area (Å²) in [6.45, 7) is 3.51. The molecular weight excluding hydrogens is 468 g/mol. The molecule has 3 aromatic rings. The molecule has 2 heterocycles. The number of nitro benzene ring substituents is 1. The van der Waals surface area contributed by atoms with Gasteiger partial charge in [0, 0.05) is 31.9 Å². The lowest BCUT2D eigenvalue weighted by molar-refractivity contribution is -0.384. The second-order valence-corrected chi connectivity index (χ2v) is 9.15. The number of carbonyl (C=O) groups is 1. The number of carbonyl (C=O) groups excluding carboxylic acids is 1. The third-order valence-corrected chi connectivity index (χ3v) is 6.60. The van der Waals surface area contributed by atoms with Crippen molar-refractivity contribution in [1.82, 2.24) is 4.57 Å². The van der Waals surface area contributed by atoms with Crippen LogP contribution in [0.15, 0.2) is 69.6 Å². The quantitative estimate of drug-likeness (QED) is 0.298. The second-order valence-electron chi connectivity index (χ2n) is 8.14. The van der Waals surface area contributed by atoms with Crippen molar-refractivity contribution in [2.24, 2.45) is 4.99 Å². The van der Waals surface area contributed by atoms with Crippen LogP contribution >= 0.6 is 11.3 Å². The van der Waals surface area contributed by atoms with Crippen molar-refractivity contribution in [2.75, 3.05) is 25.6 Å². The third kappa shape index (κ3) is 4.65. The average molecular weight is 493 g/mol. The number of hydrogen-bond acceptors (Lipinski definition) is 8. The molecule has 1 aliphatic rings. The summed E-state index contributed by atoms with van der Waals surface area (Å²) in [6, 6.07) is 12.8. The molecule has 4 rings (SSSR count). The van der Waals surface area contributed by atoms with Gasteiger partial charge in [0.1, 0.15) is 0 Å². The number of nitro groups is 1. The minimum absolute atomic E-state index is 0.136. The zero-order valence-electron chi connectivity index (χ0n) is 19.7. The molecule has 0 saturated heterocycles. The van der Waals surface area contributed by atoms with Gasteiger partial charge in [-0.05, 0) is 43.2 Å². The number of ether oxygens (including phenoxy) is 1. The van der Waals surface area contributed by atoms with Gasteiger partial charge in [0.2, 0.25) is 0 Å². The molecule has 0 radical (unpaired) electrons. The Hall–Kier alpha value is -4.05. The number of non-ortho nitro benzene ring substituents is 1. The average Bonchev–Trinajstić information content (AvgIpc) is 3.13. The molecule has 0 saturated carbocycles. The Morgan fingerprint density at radius 3 is 2.60 bits per heavy atom. The molecule has 0 aliphatic carbocycles. The fraction of sp³-hybridized carbons (Fsp3) is 0.240. The number of hydrogen-bond donors (Lipinski definition) is 0. The summed E-state index contributed by atoms with van der Waals surface area (Å²) >= 11 is 1.20. The summed E-state index contributed by atoms with van der Waals surface area (Å²) in [4.78, 5) is 44.3. The molecule has 9 nitrogen and oxygen atoms in total. The van der Waals surface area contributed by atoms with Gasteiger partial charge < -0.3 is 9.64 Å². The van der Waals surface area contributed by atoms with Crippen LogP contribution in [0, 0.1) is 10.1 Å². The highest BCUT2D eigenvalue weighted by molar-refractivity contribution is 7.07. The predicted octanol–water partition coefficient (Wildman–Crippen LogP) is 2.77. The monoisotopic (exact) mass is 492 g/mol. The Morgan fingerprint density at radius 1 is 1.26 bits per heavy atom. The van der Waals surface area contributed by atoms with Gasteiger partial charge in [0.05, 0.1) is 33.4 Å². The van der Waals surface area contributed by atoms with Crippen LogP contribution in [-0.4, -0.2) is 36.2 Å². The molecule has 1 aromatic heterocycles. The van der Waals surface area contributed by atoms with Gasteiger partial charge in [-0.25, -0.2) is 9.79 Å². The van der Waals surface area contributed by atoms with E-state index >= 15 is 0 Å². The fourth-order valence-corrected chi connectivity index (χ4v) is 4.98. The number of nitrogens with zero attached hydrogens (tertiary/aromatic N) is 4. The number of allylic oxidation sites excluding steroid dienone is 1. The molecule has 1 aliphatic heterocycles. The zero-order chi connectivity index (χ0) is 25.3. The van der Waals surface area contributed by atoms with Crippen LogP contribution in [0.2, 0.25) is 0 Å². The number of esters is 1. The maximum atomic E-state index is 13.6. The van der Waals surface area contributed by atoms with Gasteiger partial charge >= 0.3 is 5.97 Å². The van der Waals surface area contributed by atoms with Crippen molar-refractivity contribution >= 4 is 34.8 Å². The Kier molecular flexibility index (Phi) is 6.65. The van der Waals surface area contributed by atoms with Crippen molar-refractivity contribution in [3.05, 3.63) is 101 Å². The van der Waals surface area contributed by atoms with E-state index in [9.17, 15) is 19.7 Å². The number of benzene rings is 2. The first-order chi connectivity index (χ1) is 16.7. The highest BCUT2D eigenvalue weighted by Crippen LogP contribution is 2.32. The molecule has 180 valence electrons. The molecule has 0 N–H and O–H groups in total. The summed E-state index contributed by atoms with van der Waals surface area (Å²) < 4.78 is 7.11. The predicted molar refractivity (Wildman–Crippen MR) is 134 cm³/mol. The SMILES string of the molecule is CCOC(=O)C1=C(C)N=c2sc(=Cc3ccc(N(C)C)cc3)c(=O)n2[C@@H]1c1cccc([N+](=O)[O-])c1. The van der Waals surface area contributed by atoms with Gasteiger partial charge in [-0.15, -0.1) is 0 Å². The van der Waals surface area contributed by atoms with Crippen molar-refractivity contribution in [1.29, 1.82) is 0 Å². The van der Waals surface area contributed by atoms with Crippen LogP contribution in [0.3, 0.4) is 0 Å².